The Bertz CT molecular complexity index is 400. The second-order valence-corrected chi connectivity index (χ2v) is 6.07. The van der Waals surface area contributed by atoms with Gasteiger partial charge in [0.15, 0.2) is 0 Å². The second kappa shape index (κ2) is 5.63. The molecule has 0 atom stereocenters. The Morgan fingerprint density at radius 1 is 1.37 bits per heavy atom. The van der Waals surface area contributed by atoms with Crippen LogP contribution < -0.4 is 5.32 Å². The van der Waals surface area contributed by atoms with E-state index >= 15 is 0 Å². The number of ether oxygens (including phenoxy) is 1. The minimum Gasteiger partial charge on any atom is -0.377 e. The van der Waals surface area contributed by atoms with Crippen molar-refractivity contribution in [2.45, 2.75) is 63.1 Å². The van der Waals surface area contributed by atoms with E-state index < -0.39 is 0 Å². The highest BCUT2D eigenvalue weighted by Crippen LogP contribution is 2.34. The highest BCUT2D eigenvalue weighted by molar-refractivity contribution is 5.01. The third-order valence-electron chi connectivity index (χ3n) is 4.81. The molecule has 2 fully saturated rings. The van der Waals surface area contributed by atoms with Gasteiger partial charge in [-0.3, -0.25) is 4.68 Å². The Morgan fingerprint density at radius 2 is 2.16 bits per heavy atom. The molecule has 2 aliphatic rings. The summed E-state index contributed by atoms with van der Waals surface area (Å²) in [5.74, 6) is 0. The number of hydrogen-bond donors (Lipinski definition) is 1. The highest BCUT2D eigenvalue weighted by atomic mass is 16.5. The van der Waals surface area contributed by atoms with E-state index in [0.717, 1.165) is 18.8 Å². The van der Waals surface area contributed by atoms with Gasteiger partial charge in [0.1, 0.15) is 0 Å². The van der Waals surface area contributed by atoms with Crippen molar-refractivity contribution in [3.05, 3.63) is 18.0 Å². The van der Waals surface area contributed by atoms with Crippen LogP contribution >= 0.6 is 0 Å². The van der Waals surface area contributed by atoms with Gasteiger partial charge in [-0.05, 0) is 38.2 Å². The van der Waals surface area contributed by atoms with Crippen molar-refractivity contribution in [2.75, 3.05) is 13.7 Å². The lowest BCUT2D eigenvalue weighted by Crippen LogP contribution is -2.47. The van der Waals surface area contributed by atoms with Gasteiger partial charge in [0, 0.05) is 26.4 Å². The molecular formula is C15H25N3O. The molecule has 19 heavy (non-hydrogen) atoms. The maximum Gasteiger partial charge on any atom is 0.0802 e. The smallest absolute Gasteiger partial charge is 0.0802 e. The largest absolute Gasteiger partial charge is 0.377 e. The summed E-state index contributed by atoms with van der Waals surface area (Å²) in [5.41, 5.74) is 1.26. The molecule has 1 aromatic heterocycles. The number of nitrogens with one attached hydrogen (secondary N) is 1. The van der Waals surface area contributed by atoms with Crippen LogP contribution in [0, 0.1) is 0 Å². The molecule has 2 aliphatic carbocycles. The van der Waals surface area contributed by atoms with Crippen molar-refractivity contribution in [3.8, 4) is 0 Å². The summed E-state index contributed by atoms with van der Waals surface area (Å²) in [6, 6.07) is 2.79. The van der Waals surface area contributed by atoms with Gasteiger partial charge in [0.25, 0.3) is 0 Å². The van der Waals surface area contributed by atoms with E-state index in [-0.39, 0.29) is 5.60 Å². The lowest BCUT2D eigenvalue weighted by molar-refractivity contribution is -0.0695. The zero-order chi connectivity index (χ0) is 13.1. The zero-order valence-corrected chi connectivity index (χ0v) is 11.9. The first-order chi connectivity index (χ1) is 9.31. The molecule has 106 valence electrons. The molecule has 0 amide bonds. The Balaban J connectivity index is 1.47. The lowest BCUT2D eigenvalue weighted by Gasteiger charge is -2.40. The third-order valence-corrected chi connectivity index (χ3v) is 4.81. The van der Waals surface area contributed by atoms with Gasteiger partial charge in [0.05, 0.1) is 17.3 Å². The van der Waals surface area contributed by atoms with Crippen LogP contribution in [-0.2, 0) is 11.3 Å². The Labute approximate surface area is 115 Å². The summed E-state index contributed by atoms with van der Waals surface area (Å²) in [5, 5.41) is 8.19. The van der Waals surface area contributed by atoms with Gasteiger partial charge in [-0.25, -0.2) is 0 Å². The minimum atomic E-state index is 0.105. The molecule has 2 saturated carbocycles. The van der Waals surface area contributed by atoms with Crippen molar-refractivity contribution < 1.29 is 4.74 Å². The molecule has 1 heterocycles. The molecule has 0 saturated heterocycles. The SMILES string of the molecule is COC1(CNCc2ccn(C3CCCC3)n2)CCC1. The molecule has 0 radical (unpaired) electrons. The first kappa shape index (κ1) is 13.1. The predicted octanol–water partition coefficient (Wildman–Crippen LogP) is 2.66. The monoisotopic (exact) mass is 263 g/mol. The molecule has 3 rings (SSSR count). The van der Waals surface area contributed by atoms with Crippen LogP contribution in [0.25, 0.3) is 0 Å². The van der Waals surface area contributed by atoms with Gasteiger partial charge in [-0.2, -0.15) is 5.10 Å². The number of rotatable bonds is 6. The average Bonchev–Trinajstić information content (AvgIpc) is 3.02. The van der Waals surface area contributed by atoms with Gasteiger partial charge in [-0.15, -0.1) is 0 Å². The molecule has 0 bridgehead atoms. The molecule has 1 aromatic rings. The van der Waals surface area contributed by atoms with Crippen LogP contribution in [0.1, 0.15) is 56.7 Å². The van der Waals surface area contributed by atoms with Gasteiger partial charge >= 0.3 is 0 Å². The zero-order valence-electron chi connectivity index (χ0n) is 11.9. The number of hydrogen-bond acceptors (Lipinski definition) is 3. The van der Waals surface area contributed by atoms with Crippen LogP contribution in [0.2, 0.25) is 0 Å². The summed E-state index contributed by atoms with van der Waals surface area (Å²) in [6.45, 7) is 1.80. The maximum absolute atomic E-state index is 5.61. The van der Waals surface area contributed by atoms with Crippen LogP contribution in [0.4, 0.5) is 0 Å². The molecule has 0 unspecified atom stereocenters. The summed E-state index contributed by atoms with van der Waals surface area (Å²) in [6.07, 6.45) is 11.1. The van der Waals surface area contributed by atoms with Crippen LogP contribution in [0.15, 0.2) is 12.3 Å². The Morgan fingerprint density at radius 3 is 2.79 bits per heavy atom. The van der Waals surface area contributed by atoms with Gasteiger partial charge < -0.3 is 10.1 Å². The number of methoxy groups -OCH3 is 1. The average molecular weight is 263 g/mol. The Kier molecular flexibility index (Phi) is 3.89. The van der Waals surface area contributed by atoms with E-state index in [0.29, 0.717) is 6.04 Å². The first-order valence-electron chi connectivity index (χ1n) is 7.61. The molecule has 4 heteroatoms. The molecule has 0 spiro atoms. The molecule has 4 nitrogen and oxygen atoms in total. The summed E-state index contributed by atoms with van der Waals surface area (Å²) < 4.78 is 7.78. The minimum absolute atomic E-state index is 0.105. The van der Waals surface area contributed by atoms with E-state index in [1.165, 1.54) is 44.9 Å². The van der Waals surface area contributed by atoms with Crippen molar-refractivity contribution in [1.82, 2.24) is 15.1 Å². The van der Waals surface area contributed by atoms with Crippen LogP contribution in [-0.4, -0.2) is 29.0 Å². The standard InChI is InChI=1S/C15H25N3O/c1-19-15(8-4-9-15)12-16-11-13-7-10-18(17-13)14-5-2-3-6-14/h7,10,14,16H,2-6,8-9,11-12H2,1H3. The van der Waals surface area contributed by atoms with E-state index in [2.05, 4.69) is 22.3 Å². The Hall–Kier alpha value is -0.870. The van der Waals surface area contributed by atoms with Crippen molar-refractivity contribution >= 4 is 0 Å². The van der Waals surface area contributed by atoms with E-state index in [1.54, 1.807) is 0 Å². The van der Waals surface area contributed by atoms with Crippen LogP contribution in [0.3, 0.4) is 0 Å². The van der Waals surface area contributed by atoms with Gasteiger partial charge in [0.2, 0.25) is 0 Å². The quantitative estimate of drug-likeness (QED) is 0.857. The van der Waals surface area contributed by atoms with E-state index in [4.69, 9.17) is 9.84 Å². The lowest BCUT2D eigenvalue weighted by atomic mass is 9.80. The molecule has 0 aromatic carbocycles. The molecule has 0 aliphatic heterocycles. The number of aromatic nitrogens is 2. The first-order valence-corrected chi connectivity index (χ1v) is 7.61. The summed E-state index contributed by atoms with van der Waals surface area (Å²) >= 11 is 0. The predicted molar refractivity (Wildman–Crippen MR) is 75.0 cm³/mol. The third kappa shape index (κ3) is 2.84. The molecule has 1 N–H and O–H groups in total. The molecular weight excluding hydrogens is 238 g/mol. The summed E-state index contributed by atoms with van der Waals surface area (Å²) in [7, 11) is 1.83. The topological polar surface area (TPSA) is 39.1 Å². The fourth-order valence-corrected chi connectivity index (χ4v) is 3.29. The van der Waals surface area contributed by atoms with Gasteiger partial charge in [-0.1, -0.05) is 12.8 Å². The van der Waals surface area contributed by atoms with E-state index in [1.807, 2.05) is 7.11 Å². The van der Waals surface area contributed by atoms with E-state index in [9.17, 15) is 0 Å². The second-order valence-electron chi connectivity index (χ2n) is 6.07. The van der Waals surface area contributed by atoms with Crippen molar-refractivity contribution in [2.24, 2.45) is 0 Å². The van der Waals surface area contributed by atoms with Crippen LogP contribution in [0.5, 0.6) is 0 Å². The fraction of sp³-hybridized carbons (Fsp3) is 0.800. The highest BCUT2D eigenvalue weighted by Gasteiger charge is 2.36. The van der Waals surface area contributed by atoms with Crippen molar-refractivity contribution in [1.29, 1.82) is 0 Å². The van der Waals surface area contributed by atoms with Crippen molar-refractivity contribution in [3.63, 3.8) is 0 Å². The normalized spacial score (nSPS) is 22.6. The number of nitrogens with zero attached hydrogens (tertiary/aromatic N) is 2. The fourth-order valence-electron chi connectivity index (χ4n) is 3.29. The maximum atomic E-state index is 5.61. The summed E-state index contributed by atoms with van der Waals surface area (Å²) in [4.78, 5) is 0.